The second-order valence-corrected chi connectivity index (χ2v) is 18.1. The van der Waals surface area contributed by atoms with Crippen molar-refractivity contribution in [2.24, 2.45) is 0 Å². The lowest BCUT2D eigenvalue weighted by Crippen LogP contribution is -2.30. The SMILES string of the molecule is CCCCC/C=C\C/C=C\C/C=C\C/C=C\CCCCCC(=O)OC[C@H](COC(=O)CCCCCCC/C=C\CCCCCC)OC(=O)CCCCCCC/C=C\CCCCCCCC. The topological polar surface area (TPSA) is 78.9 Å². The summed E-state index contributed by atoms with van der Waals surface area (Å²) in [4.78, 5) is 38.0. The van der Waals surface area contributed by atoms with E-state index < -0.39 is 6.10 Å². The fourth-order valence-corrected chi connectivity index (χ4v) is 7.47. The van der Waals surface area contributed by atoms with Crippen LogP contribution in [0.2, 0.25) is 0 Å². The largest absolute Gasteiger partial charge is 0.462 e. The second kappa shape index (κ2) is 53.5. The summed E-state index contributed by atoms with van der Waals surface area (Å²) in [5.74, 6) is -0.937. The van der Waals surface area contributed by atoms with Crippen LogP contribution in [0.3, 0.4) is 0 Å². The number of rotatable bonds is 49. The average molecular weight is 907 g/mol. The quantitative estimate of drug-likeness (QED) is 0.0262. The Kier molecular flexibility index (Phi) is 50.9. The van der Waals surface area contributed by atoms with Gasteiger partial charge in [0.1, 0.15) is 13.2 Å². The van der Waals surface area contributed by atoms with Gasteiger partial charge in [-0.05, 0) is 116 Å². The van der Waals surface area contributed by atoms with Gasteiger partial charge in [-0.1, -0.05) is 203 Å². The van der Waals surface area contributed by atoms with Crippen LogP contribution >= 0.6 is 0 Å². The maximum atomic E-state index is 12.8. The van der Waals surface area contributed by atoms with Crippen molar-refractivity contribution in [1.82, 2.24) is 0 Å². The van der Waals surface area contributed by atoms with Gasteiger partial charge in [-0.25, -0.2) is 0 Å². The summed E-state index contributed by atoms with van der Waals surface area (Å²) in [6.45, 7) is 6.55. The molecule has 0 aromatic rings. The predicted molar refractivity (Wildman–Crippen MR) is 279 cm³/mol. The third kappa shape index (κ3) is 51.7. The number of allylic oxidation sites excluding steroid dienone is 12. The summed E-state index contributed by atoms with van der Waals surface area (Å²) >= 11 is 0. The van der Waals surface area contributed by atoms with E-state index in [1.54, 1.807) is 0 Å². The minimum Gasteiger partial charge on any atom is -0.462 e. The zero-order chi connectivity index (χ0) is 47.2. The van der Waals surface area contributed by atoms with Crippen LogP contribution in [0.25, 0.3) is 0 Å². The van der Waals surface area contributed by atoms with Crippen molar-refractivity contribution >= 4 is 17.9 Å². The van der Waals surface area contributed by atoms with E-state index in [0.29, 0.717) is 19.3 Å². The minimum absolute atomic E-state index is 0.0932. The molecule has 65 heavy (non-hydrogen) atoms. The van der Waals surface area contributed by atoms with Crippen LogP contribution in [0.5, 0.6) is 0 Å². The highest BCUT2D eigenvalue weighted by molar-refractivity contribution is 5.71. The molecule has 6 heteroatoms. The van der Waals surface area contributed by atoms with Crippen LogP contribution in [0.1, 0.15) is 265 Å². The minimum atomic E-state index is -0.796. The second-order valence-electron chi connectivity index (χ2n) is 18.1. The number of carbonyl (C=O) groups excluding carboxylic acids is 3. The van der Waals surface area contributed by atoms with Gasteiger partial charge in [0, 0.05) is 19.3 Å². The lowest BCUT2D eigenvalue weighted by molar-refractivity contribution is -0.167. The number of esters is 3. The Labute approximate surface area is 402 Å². The fraction of sp³-hybridized carbons (Fsp3) is 0.746. The molecule has 374 valence electrons. The molecule has 6 nitrogen and oxygen atoms in total. The van der Waals surface area contributed by atoms with E-state index in [9.17, 15) is 14.4 Å². The molecule has 0 bridgehead atoms. The summed E-state index contributed by atoms with van der Waals surface area (Å²) in [6.07, 6.45) is 67.4. The number of hydrogen-bond donors (Lipinski definition) is 0. The van der Waals surface area contributed by atoms with Crippen molar-refractivity contribution in [1.29, 1.82) is 0 Å². The van der Waals surface area contributed by atoms with Crippen molar-refractivity contribution in [3.63, 3.8) is 0 Å². The molecular formula is C59H102O6. The van der Waals surface area contributed by atoms with E-state index in [1.165, 1.54) is 122 Å². The molecule has 0 unspecified atom stereocenters. The van der Waals surface area contributed by atoms with Crippen LogP contribution in [0.4, 0.5) is 0 Å². The Morgan fingerprint density at radius 2 is 0.554 bits per heavy atom. The molecule has 0 N–H and O–H groups in total. The van der Waals surface area contributed by atoms with Gasteiger partial charge in [0.05, 0.1) is 0 Å². The Balaban J connectivity index is 4.45. The number of hydrogen-bond acceptors (Lipinski definition) is 6. The number of ether oxygens (including phenoxy) is 3. The Hall–Kier alpha value is -3.15. The summed E-state index contributed by atoms with van der Waals surface area (Å²) in [5.41, 5.74) is 0. The van der Waals surface area contributed by atoms with Gasteiger partial charge < -0.3 is 14.2 Å². The highest BCUT2D eigenvalue weighted by Crippen LogP contribution is 2.14. The molecule has 0 amide bonds. The molecule has 0 fully saturated rings. The molecule has 0 heterocycles. The summed E-state index contributed by atoms with van der Waals surface area (Å²) < 4.78 is 16.8. The molecule has 0 aliphatic rings. The molecule has 0 aromatic heterocycles. The van der Waals surface area contributed by atoms with Crippen molar-refractivity contribution in [2.75, 3.05) is 13.2 Å². The van der Waals surface area contributed by atoms with E-state index in [0.717, 1.165) is 103 Å². The highest BCUT2D eigenvalue weighted by atomic mass is 16.6. The van der Waals surface area contributed by atoms with Gasteiger partial charge in [0.2, 0.25) is 0 Å². The number of unbranched alkanes of at least 4 members (excludes halogenated alkanes) is 26. The van der Waals surface area contributed by atoms with Crippen molar-refractivity contribution in [3.05, 3.63) is 72.9 Å². The first-order valence-corrected chi connectivity index (χ1v) is 27.4. The van der Waals surface area contributed by atoms with Crippen LogP contribution in [-0.4, -0.2) is 37.2 Å². The molecule has 0 aliphatic carbocycles. The Morgan fingerprint density at radius 1 is 0.308 bits per heavy atom. The normalized spacial score (nSPS) is 12.6. The molecule has 0 radical (unpaired) electrons. The lowest BCUT2D eigenvalue weighted by Gasteiger charge is -2.18. The molecule has 0 aliphatic heterocycles. The summed E-state index contributed by atoms with van der Waals surface area (Å²) in [5, 5.41) is 0. The molecule has 0 saturated heterocycles. The monoisotopic (exact) mass is 907 g/mol. The predicted octanol–water partition coefficient (Wildman–Crippen LogP) is 18.2. The first kappa shape index (κ1) is 61.9. The average Bonchev–Trinajstić information content (AvgIpc) is 3.30. The van der Waals surface area contributed by atoms with Crippen LogP contribution in [0.15, 0.2) is 72.9 Å². The van der Waals surface area contributed by atoms with Crippen molar-refractivity contribution in [2.45, 2.75) is 271 Å². The van der Waals surface area contributed by atoms with Gasteiger partial charge in [-0.3, -0.25) is 14.4 Å². The van der Waals surface area contributed by atoms with E-state index in [-0.39, 0.29) is 31.1 Å². The van der Waals surface area contributed by atoms with Crippen molar-refractivity contribution < 1.29 is 28.6 Å². The third-order valence-electron chi connectivity index (χ3n) is 11.7. The van der Waals surface area contributed by atoms with Gasteiger partial charge in [0.25, 0.3) is 0 Å². The van der Waals surface area contributed by atoms with Crippen LogP contribution in [0, 0.1) is 0 Å². The summed E-state index contributed by atoms with van der Waals surface area (Å²) in [7, 11) is 0. The standard InChI is InChI=1S/C59H102O6/c1-4-7-10-13-16-19-22-25-27-28-29-30-32-34-37-40-43-46-49-52-58(61)64-55-56(54-63-57(60)51-48-45-42-39-36-33-24-21-18-15-12-9-6-3)65-59(62)53-50-47-44-41-38-35-31-26-23-20-17-14-11-8-5-2/h16,19,21,24-27,29-31,34,37,56H,4-15,17-18,20,22-23,28,32-33,35-36,38-55H2,1-3H3/b19-16-,24-21-,27-25-,30-29-,31-26-,37-34-/t56-/m0/s1. The van der Waals surface area contributed by atoms with E-state index in [1.807, 2.05) is 0 Å². The van der Waals surface area contributed by atoms with Gasteiger partial charge in [-0.2, -0.15) is 0 Å². The van der Waals surface area contributed by atoms with Crippen molar-refractivity contribution in [3.8, 4) is 0 Å². The van der Waals surface area contributed by atoms with E-state index in [4.69, 9.17) is 14.2 Å². The highest BCUT2D eigenvalue weighted by Gasteiger charge is 2.19. The van der Waals surface area contributed by atoms with Crippen LogP contribution < -0.4 is 0 Å². The molecule has 0 saturated carbocycles. The van der Waals surface area contributed by atoms with Gasteiger partial charge in [0.15, 0.2) is 6.10 Å². The first-order valence-electron chi connectivity index (χ1n) is 27.4. The molecule has 1 atom stereocenters. The van der Waals surface area contributed by atoms with Gasteiger partial charge >= 0.3 is 17.9 Å². The zero-order valence-corrected chi connectivity index (χ0v) is 42.7. The third-order valence-corrected chi connectivity index (χ3v) is 11.7. The molecule has 0 aromatic carbocycles. The molecule has 0 rings (SSSR count). The Bertz CT molecular complexity index is 1230. The molecular weight excluding hydrogens is 805 g/mol. The zero-order valence-electron chi connectivity index (χ0n) is 42.7. The van der Waals surface area contributed by atoms with Gasteiger partial charge in [-0.15, -0.1) is 0 Å². The maximum absolute atomic E-state index is 12.8. The summed E-state index contributed by atoms with van der Waals surface area (Å²) in [6, 6.07) is 0. The molecule has 0 spiro atoms. The lowest BCUT2D eigenvalue weighted by atomic mass is 10.1. The maximum Gasteiger partial charge on any atom is 0.306 e. The smallest absolute Gasteiger partial charge is 0.306 e. The van der Waals surface area contributed by atoms with E-state index in [2.05, 4.69) is 93.7 Å². The first-order chi connectivity index (χ1) is 32.0. The van der Waals surface area contributed by atoms with E-state index >= 15 is 0 Å². The van der Waals surface area contributed by atoms with Crippen LogP contribution in [-0.2, 0) is 28.6 Å². The fourth-order valence-electron chi connectivity index (χ4n) is 7.47. The number of carbonyl (C=O) groups is 3. The Morgan fingerprint density at radius 3 is 0.938 bits per heavy atom.